The summed E-state index contributed by atoms with van der Waals surface area (Å²) in [6.07, 6.45) is 4.90. The van der Waals surface area contributed by atoms with Crippen LogP contribution in [0.2, 0.25) is 0 Å². The van der Waals surface area contributed by atoms with Crippen LogP contribution in [0.1, 0.15) is 55.6 Å². The number of rotatable bonds is 4. The number of anilines is 1. The number of nitrogens with zero attached hydrogens (tertiary/aromatic N) is 3. The van der Waals surface area contributed by atoms with Crippen molar-refractivity contribution in [1.82, 2.24) is 14.9 Å². The van der Waals surface area contributed by atoms with Crippen molar-refractivity contribution in [2.24, 2.45) is 5.73 Å². The van der Waals surface area contributed by atoms with E-state index in [4.69, 9.17) is 10.2 Å². The maximum Gasteiger partial charge on any atom is 0.259 e. The molecule has 0 bridgehead atoms. The van der Waals surface area contributed by atoms with Crippen molar-refractivity contribution in [1.29, 1.82) is 0 Å². The molecule has 1 amide bonds. The van der Waals surface area contributed by atoms with Crippen molar-refractivity contribution in [2.45, 2.75) is 51.6 Å². The molecule has 3 rings (SSSR count). The van der Waals surface area contributed by atoms with Gasteiger partial charge in [-0.25, -0.2) is 9.97 Å². The molecule has 2 aromatic rings. The van der Waals surface area contributed by atoms with E-state index in [-0.39, 0.29) is 17.4 Å². The van der Waals surface area contributed by atoms with E-state index in [1.807, 2.05) is 37.8 Å². The molecule has 0 saturated carbocycles. The fraction of sp³-hybridized carbons (Fsp3) is 0.526. The molecular formula is C19H27N5O2. The van der Waals surface area contributed by atoms with Gasteiger partial charge < -0.3 is 20.4 Å². The maximum absolute atomic E-state index is 13.0. The Morgan fingerprint density at radius 1 is 1.38 bits per heavy atom. The second-order valence-electron chi connectivity index (χ2n) is 7.77. The van der Waals surface area contributed by atoms with Crippen LogP contribution in [0, 0.1) is 0 Å². The number of likely N-dealkylation sites (tertiary alicyclic amines) is 1. The first-order valence-electron chi connectivity index (χ1n) is 9.03. The van der Waals surface area contributed by atoms with Gasteiger partial charge in [0.15, 0.2) is 0 Å². The van der Waals surface area contributed by atoms with Crippen LogP contribution in [0.4, 0.5) is 5.82 Å². The minimum Gasteiger partial charge on any atom is -0.467 e. The van der Waals surface area contributed by atoms with Gasteiger partial charge >= 0.3 is 0 Å². The van der Waals surface area contributed by atoms with Crippen molar-refractivity contribution in [3.05, 3.63) is 41.7 Å². The first-order valence-corrected chi connectivity index (χ1v) is 9.03. The lowest BCUT2D eigenvalue weighted by atomic mass is 9.95. The molecular weight excluding hydrogens is 330 g/mol. The van der Waals surface area contributed by atoms with Gasteiger partial charge in [0.25, 0.3) is 5.91 Å². The number of piperidine rings is 1. The zero-order chi connectivity index (χ0) is 18.7. The van der Waals surface area contributed by atoms with Gasteiger partial charge in [-0.1, -0.05) is 20.8 Å². The van der Waals surface area contributed by atoms with Crippen LogP contribution in [0.15, 0.2) is 29.0 Å². The molecule has 2 aromatic heterocycles. The van der Waals surface area contributed by atoms with Crippen LogP contribution in [-0.4, -0.2) is 39.9 Å². The minimum absolute atomic E-state index is 0.0562. The highest BCUT2D eigenvalue weighted by atomic mass is 16.3. The Morgan fingerprint density at radius 3 is 2.73 bits per heavy atom. The minimum atomic E-state index is -0.208. The van der Waals surface area contributed by atoms with Crippen LogP contribution < -0.4 is 11.1 Å². The zero-order valence-electron chi connectivity index (χ0n) is 15.7. The summed E-state index contributed by atoms with van der Waals surface area (Å²) < 4.78 is 5.37. The lowest BCUT2D eigenvalue weighted by Crippen LogP contribution is -2.43. The van der Waals surface area contributed by atoms with E-state index in [2.05, 4.69) is 15.3 Å². The third kappa shape index (κ3) is 4.22. The summed E-state index contributed by atoms with van der Waals surface area (Å²) in [5.74, 6) is 1.96. The molecule has 0 aromatic carbocycles. The van der Waals surface area contributed by atoms with Gasteiger partial charge in [0.1, 0.15) is 23.0 Å². The quantitative estimate of drug-likeness (QED) is 0.873. The number of carbonyl (C=O) groups excluding carboxylic acids is 1. The molecule has 7 nitrogen and oxygen atoms in total. The number of aromatic nitrogens is 2. The molecule has 140 valence electrons. The maximum atomic E-state index is 13.0. The summed E-state index contributed by atoms with van der Waals surface area (Å²) in [6, 6.07) is 3.89. The molecule has 0 spiro atoms. The summed E-state index contributed by atoms with van der Waals surface area (Å²) >= 11 is 0. The molecule has 1 aliphatic heterocycles. The molecule has 0 unspecified atom stereocenters. The average Bonchev–Trinajstić information content (AvgIpc) is 3.12. The smallest absolute Gasteiger partial charge is 0.259 e. The predicted octanol–water partition coefficient (Wildman–Crippen LogP) is 2.54. The van der Waals surface area contributed by atoms with E-state index in [9.17, 15) is 4.79 Å². The highest BCUT2D eigenvalue weighted by molar-refractivity contribution is 5.98. The van der Waals surface area contributed by atoms with Gasteiger partial charge in [-0.05, 0) is 25.0 Å². The Kier molecular flexibility index (Phi) is 5.27. The summed E-state index contributed by atoms with van der Waals surface area (Å²) in [6.45, 7) is 7.93. The Bertz CT molecular complexity index is 744. The average molecular weight is 357 g/mol. The Morgan fingerprint density at radius 2 is 2.12 bits per heavy atom. The van der Waals surface area contributed by atoms with E-state index >= 15 is 0 Å². The molecule has 1 saturated heterocycles. The predicted molar refractivity (Wildman–Crippen MR) is 99.9 cm³/mol. The monoisotopic (exact) mass is 357 g/mol. The van der Waals surface area contributed by atoms with Crippen molar-refractivity contribution >= 4 is 11.7 Å². The highest BCUT2D eigenvalue weighted by Crippen LogP contribution is 2.24. The molecule has 7 heteroatoms. The standard InChI is InChI=1S/C19H27N5O2/c1-19(2,3)18-22-12-15(17(25)24-8-6-13(20)7-9-24)16(23-18)21-11-14-5-4-10-26-14/h4-5,10,12-13H,6-9,11,20H2,1-3H3,(H,21,22,23). The normalized spacial score (nSPS) is 15.9. The molecule has 26 heavy (non-hydrogen) atoms. The van der Waals surface area contributed by atoms with Crippen molar-refractivity contribution in [3.8, 4) is 0 Å². The van der Waals surface area contributed by atoms with Crippen LogP contribution in [0.3, 0.4) is 0 Å². The fourth-order valence-corrected chi connectivity index (χ4v) is 2.89. The van der Waals surface area contributed by atoms with E-state index < -0.39 is 0 Å². The molecule has 0 aliphatic carbocycles. The molecule has 3 N–H and O–H groups in total. The van der Waals surface area contributed by atoms with Gasteiger partial charge in [-0.2, -0.15) is 0 Å². The van der Waals surface area contributed by atoms with Gasteiger partial charge in [0, 0.05) is 30.7 Å². The molecule has 3 heterocycles. The summed E-state index contributed by atoms with van der Waals surface area (Å²) in [5, 5.41) is 3.24. The topological polar surface area (TPSA) is 97.3 Å². The van der Waals surface area contributed by atoms with E-state index in [1.54, 1.807) is 12.5 Å². The van der Waals surface area contributed by atoms with Crippen molar-refractivity contribution < 1.29 is 9.21 Å². The Balaban J connectivity index is 1.85. The lowest BCUT2D eigenvalue weighted by Gasteiger charge is -2.30. The third-order valence-corrected chi connectivity index (χ3v) is 4.53. The highest BCUT2D eigenvalue weighted by Gasteiger charge is 2.26. The zero-order valence-corrected chi connectivity index (χ0v) is 15.7. The van der Waals surface area contributed by atoms with E-state index in [1.165, 1.54) is 0 Å². The van der Waals surface area contributed by atoms with Gasteiger partial charge in [0.05, 0.1) is 12.8 Å². The first-order chi connectivity index (χ1) is 12.3. The summed E-state index contributed by atoms with van der Waals surface area (Å²) in [7, 11) is 0. The molecule has 1 fully saturated rings. The van der Waals surface area contributed by atoms with Crippen LogP contribution >= 0.6 is 0 Å². The van der Waals surface area contributed by atoms with Gasteiger partial charge in [-0.3, -0.25) is 4.79 Å². The largest absolute Gasteiger partial charge is 0.467 e. The summed E-state index contributed by atoms with van der Waals surface area (Å²) in [5.41, 5.74) is 6.23. The van der Waals surface area contributed by atoms with E-state index in [0.717, 1.165) is 18.6 Å². The van der Waals surface area contributed by atoms with Gasteiger partial charge in [-0.15, -0.1) is 0 Å². The number of furan rings is 1. The second-order valence-corrected chi connectivity index (χ2v) is 7.77. The number of carbonyl (C=O) groups is 1. The van der Waals surface area contributed by atoms with Crippen molar-refractivity contribution in [2.75, 3.05) is 18.4 Å². The SMILES string of the molecule is CC(C)(C)c1ncc(C(=O)N2CCC(N)CC2)c(NCc2ccco2)n1. The van der Waals surface area contributed by atoms with Gasteiger partial charge in [0.2, 0.25) is 0 Å². The molecule has 0 radical (unpaired) electrons. The first kappa shape index (κ1) is 18.4. The van der Waals surface area contributed by atoms with Crippen LogP contribution in [0.25, 0.3) is 0 Å². The molecule has 1 aliphatic rings. The Hall–Kier alpha value is -2.41. The Labute approximate surface area is 154 Å². The van der Waals surface area contributed by atoms with Crippen molar-refractivity contribution in [3.63, 3.8) is 0 Å². The van der Waals surface area contributed by atoms with Crippen LogP contribution in [0.5, 0.6) is 0 Å². The second kappa shape index (κ2) is 7.45. The number of amides is 1. The summed E-state index contributed by atoms with van der Waals surface area (Å²) in [4.78, 5) is 23.9. The fourth-order valence-electron chi connectivity index (χ4n) is 2.89. The number of nitrogens with two attached hydrogens (primary N) is 1. The van der Waals surface area contributed by atoms with Crippen LogP contribution in [-0.2, 0) is 12.0 Å². The number of nitrogens with one attached hydrogen (secondary N) is 1. The number of hydrogen-bond donors (Lipinski definition) is 2. The molecule has 0 atom stereocenters. The number of hydrogen-bond acceptors (Lipinski definition) is 6. The van der Waals surface area contributed by atoms with E-state index in [0.29, 0.717) is 36.8 Å². The third-order valence-electron chi connectivity index (χ3n) is 4.53. The lowest BCUT2D eigenvalue weighted by molar-refractivity contribution is 0.0714.